The maximum Gasteiger partial charge on any atom is 0.335 e. The maximum atomic E-state index is 12.8. The van der Waals surface area contributed by atoms with E-state index in [1.807, 2.05) is 0 Å². The topological polar surface area (TPSA) is 84.5 Å². The van der Waals surface area contributed by atoms with Gasteiger partial charge in [0.1, 0.15) is 5.60 Å². The Bertz CT molecular complexity index is 576. The third kappa shape index (κ3) is 3.32. The van der Waals surface area contributed by atoms with Crippen LogP contribution in [-0.4, -0.2) is 36.0 Å². The van der Waals surface area contributed by atoms with Crippen molar-refractivity contribution in [1.82, 2.24) is 10.6 Å². The summed E-state index contributed by atoms with van der Waals surface area (Å²) >= 11 is 0. The Morgan fingerprint density at radius 2 is 1.96 bits per heavy atom. The van der Waals surface area contributed by atoms with Crippen LogP contribution < -0.4 is 10.6 Å². The fraction of sp³-hybridized carbons (Fsp3) is 0.722. The molecule has 6 nitrogen and oxygen atoms in total. The van der Waals surface area contributed by atoms with Crippen molar-refractivity contribution in [1.29, 1.82) is 0 Å². The number of nitrogens with one attached hydrogen (secondary N) is 2. The molecule has 2 aliphatic heterocycles. The zero-order valence-corrected chi connectivity index (χ0v) is 14.3. The summed E-state index contributed by atoms with van der Waals surface area (Å²) in [4.78, 5) is 36.4. The summed E-state index contributed by atoms with van der Waals surface area (Å²) in [6, 6.07) is -0.0369. The molecular formula is C18H26N2O4. The molecule has 1 spiro atoms. The van der Waals surface area contributed by atoms with E-state index in [2.05, 4.69) is 10.6 Å². The molecule has 3 rings (SSSR count). The van der Waals surface area contributed by atoms with Crippen LogP contribution in [-0.2, 0) is 19.1 Å². The van der Waals surface area contributed by atoms with E-state index >= 15 is 0 Å². The monoisotopic (exact) mass is 334 g/mol. The number of amides is 2. The van der Waals surface area contributed by atoms with Crippen LogP contribution in [0.1, 0.15) is 64.7 Å². The highest BCUT2D eigenvalue weighted by atomic mass is 16.6. The molecule has 24 heavy (non-hydrogen) atoms. The molecule has 1 atom stereocenters. The number of carbonyl (C=O) groups excluding carboxylic acids is 3. The fourth-order valence-corrected chi connectivity index (χ4v) is 4.11. The molecule has 0 aromatic carbocycles. The van der Waals surface area contributed by atoms with Crippen LogP contribution in [0.15, 0.2) is 11.1 Å². The van der Waals surface area contributed by atoms with Crippen LogP contribution in [0.3, 0.4) is 0 Å². The van der Waals surface area contributed by atoms with Crippen LogP contribution in [0.5, 0.6) is 0 Å². The van der Waals surface area contributed by atoms with Crippen molar-refractivity contribution < 1.29 is 19.1 Å². The lowest BCUT2D eigenvalue weighted by Crippen LogP contribution is -2.46. The van der Waals surface area contributed by atoms with E-state index in [9.17, 15) is 14.4 Å². The van der Waals surface area contributed by atoms with Gasteiger partial charge in [-0.05, 0) is 45.4 Å². The second-order valence-corrected chi connectivity index (χ2v) is 7.16. The molecular weight excluding hydrogens is 308 g/mol. The van der Waals surface area contributed by atoms with Gasteiger partial charge in [-0.1, -0.05) is 12.8 Å². The molecule has 0 aromatic heterocycles. The molecule has 3 aliphatic rings. The van der Waals surface area contributed by atoms with Gasteiger partial charge in [0.15, 0.2) is 0 Å². The zero-order valence-electron chi connectivity index (χ0n) is 14.3. The predicted octanol–water partition coefficient (Wildman–Crippen LogP) is 1.74. The van der Waals surface area contributed by atoms with Crippen molar-refractivity contribution in [2.45, 2.75) is 76.4 Å². The van der Waals surface area contributed by atoms with E-state index in [1.165, 1.54) is 0 Å². The van der Waals surface area contributed by atoms with E-state index in [0.29, 0.717) is 24.1 Å². The van der Waals surface area contributed by atoms with Crippen LogP contribution in [0, 0.1) is 0 Å². The van der Waals surface area contributed by atoms with Gasteiger partial charge in [-0.2, -0.15) is 0 Å². The summed E-state index contributed by atoms with van der Waals surface area (Å²) in [6.07, 6.45) is 7.79. The summed E-state index contributed by atoms with van der Waals surface area (Å²) < 4.78 is 5.62. The number of ether oxygens (including phenoxy) is 1. The molecule has 0 radical (unpaired) electrons. The van der Waals surface area contributed by atoms with Gasteiger partial charge in [0, 0.05) is 24.6 Å². The van der Waals surface area contributed by atoms with Crippen molar-refractivity contribution in [3.63, 3.8) is 0 Å². The highest BCUT2D eigenvalue weighted by molar-refractivity contribution is 6.07. The predicted molar refractivity (Wildman–Crippen MR) is 88.0 cm³/mol. The smallest absolute Gasteiger partial charge is 0.335 e. The average molecular weight is 334 g/mol. The minimum absolute atomic E-state index is 0.0369. The normalized spacial score (nSPS) is 26.8. The second-order valence-electron chi connectivity index (χ2n) is 7.16. The molecule has 1 unspecified atom stereocenters. The van der Waals surface area contributed by atoms with Crippen molar-refractivity contribution in [3.05, 3.63) is 11.1 Å². The van der Waals surface area contributed by atoms with Crippen molar-refractivity contribution in [3.8, 4) is 0 Å². The summed E-state index contributed by atoms with van der Waals surface area (Å²) in [5.41, 5.74) is 0.211. The molecule has 132 valence electrons. The molecule has 6 heteroatoms. The number of rotatable bonds is 3. The molecule has 2 N–H and O–H groups in total. The average Bonchev–Trinajstić information content (AvgIpc) is 2.70. The Morgan fingerprint density at radius 3 is 2.71 bits per heavy atom. The highest BCUT2D eigenvalue weighted by Gasteiger charge is 2.49. The Labute approximate surface area is 142 Å². The van der Waals surface area contributed by atoms with Crippen LogP contribution in [0.25, 0.3) is 0 Å². The zero-order chi connectivity index (χ0) is 17.2. The van der Waals surface area contributed by atoms with E-state index in [4.69, 9.17) is 4.74 Å². The number of hydrogen-bond acceptors (Lipinski definition) is 4. The molecule has 1 saturated carbocycles. The number of carbonyl (C=O) groups is 3. The van der Waals surface area contributed by atoms with Gasteiger partial charge in [-0.25, -0.2) is 4.79 Å². The van der Waals surface area contributed by atoms with Crippen molar-refractivity contribution in [2.75, 3.05) is 6.54 Å². The van der Waals surface area contributed by atoms with Gasteiger partial charge in [0.2, 0.25) is 5.91 Å². The number of esters is 1. The molecule has 0 aromatic rings. The highest BCUT2D eigenvalue weighted by Crippen LogP contribution is 2.43. The fourth-order valence-electron chi connectivity index (χ4n) is 4.11. The van der Waals surface area contributed by atoms with Gasteiger partial charge < -0.3 is 15.4 Å². The SMILES string of the molecule is CC1=C(C(=O)NCC2CCCCC(=O)N2)C2(CCCCC2)OC1=O. The van der Waals surface area contributed by atoms with E-state index in [-0.39, 0.29) is 23.8 Å². The summed E-state index contributed by atoms with van der Waals surface area (Å²) in [5.74, 6) is -0.547. The Hall–Kier alpha value is -1.85. The molecule has 1 saturated heterocycles. The minimum atomic E-state index is -0.726. The third-order valence-corrected chi connectivity index (χ3v) is 5.39. The Kier molecular flexibility index (Phi) is 4.92. The van der Waals surface area contributed by atoms with Gasteiger partial charge in [0.25, 0.3) is 5.91 Å². The molecule has 1 aliphatic carbocycles. The van der Waals surface area contributed by atoms with E-state index in [1.54, 1.807) is 6.92 Å². The minimum Gasteiger partial charge on any atom is -0.451 e. The van der Waals surface area contributed by atoms with Gasteiger partial charge in [0.05, 0.1) is 5.57 Å². The standard InChI is InChI=1S/C18H26N2O4/c1-12-15(18(24-17(12)23)9-5-2-6-10-18)16(22)19-11-13-7-3-4-8-14(21)20-13/h13H,2-11H2,1H3,(H,19,22)(H,20,21). The number of hydrogen-bond donors (Lipinski definition) is 2. The summed E-state index contributed by atoms with van der Waals surface area (Å²) in [7, 11) is 0. The van der Waals surface area contributed by atoms with E-state index < -0.39 is 5.60 Å². The van der Waals surface area contributed by atoms with Crippen molar-refractivity contribution in [2.24, 2.45) is 0 Å². The van der Waals surface area contributed by atoms with Crippen LogP contribution in [0.4, 0.5) is 0 Å². The maximum absolute atomic E-state index is 12.8. The molecule has 0 bridgehead atoms. The van der Waals surface area contributed by atoms with Crippen LogP contribution in [0.2, 0.25) is 0 Å². The van der Waals surface area contributed by atoms with Gasteiger partial charge >= 0.3 is 5.97 Å². The lowest BCUT2D eigenvalue weighted by Gasteiger charge is -2.34. The molecule has 2 amide bonds. The first kappa shape index (κ1) is 17.0. The summed E-state index contributed by atoms with van der Waals surface area (Å²) in [6.45, 7) is 2.07. The largest absolute Gasteiger partial charge is 0.451 e. The van der Waals surface area contributed by atoms with E-state index in [0.717, 1.165) is 51.4 Å². The first-order chi connectivity index (χ1) is 11.5. The van der Waals surface area contributed by atoms with Gasteiger partial charge in [-0.15, -0.1) is 0 Å². The lowest BCUT2D eigenvalue weighted by atomic mass is 9.78. The Balaban J connectivity index is 1.68. The third-order valence-electron chi connectivity index (χ3n) is 5.39. The molecule has 2 heterocycles. The first-order valence-electron chi connectivity index (χ1n) is 9.04. The lowest BCUT2D eigenvalue weighted by molar-refractivity contribution is -0.149. The van der Waals surface area contributed by atoms with Gasteiger partial charge in [-0.3, -0.25) is 9.59 Å². The van der Waals surface area contributed by atoms with Crippen LogP contribution >= 0.6 is 0 Å². The van der Waals surface area contributed by atoms with Crippen molar-refractivity contribution >= 4 is 17.8 Å². The Morgan fingerprint density at radius 1 is 1.21 bits per heavy atom. The molecule has 2 fully saturated rings. The summed E-state index contributed by atoms with van der Waals surface area (Å²) in [5, 5.41) is 5.87. The second kappa shape index (κ2) is 6.95. The quantitative estimate of drug-likeness (QED) is 0.770. The first-order valence-corrected chi connectivity index (χ1v) is 9.04.